The van der Waals surface area contributed by atoms with Crippen LogP contribution < -0.4 is 5.32 Å². The molecule has 0 aliphatic heterocycles. The Morgan fingerprint density at radius 2 is 2.15 bits per heavy atom. The first-order valence-corrected chi connectivity index (χ1v) is 5.98. The van der Waals surface area contributed by atoms with Crippen LogP contribution in [0.3, 0.4) is 0 Å². The van der Waals surface area contributed by atoms with E-state index >= 15 is 0 Å². The van der Waals surface area contributed by atoms with Gasteiger partial charge < -0.3 is 10.4 Å². The Hall–Kier alpha value is -2.44. The summed E-state index contributed by atoms with van der Waals surface area (Å²) in [6.07, 6.45) is 3.41. The Balaban J connectivity index is 2.16. The van der Waals surface area contributed by atoms with Gasteiger partial charge in [-0.15, -0.1) is 0 Å². The van der Waals surface area contributed by atoms with Crippen molar-refractivity contribution in [3.05, 3.63) is 47.3 Å². The minimum atomic E-state index is -1.44. The highest BCUT2D eigenvalue weighted by Gasteiger charge is 2.15. The van der Waals surface area contributed by atoms with Crippen LogP contribution in [0.15, 0.2) is 24.5 Å². The van der Waals surface area contributed by atoms with E-state index in [9.17, 15) is 13.6 Å². The van der Waals surface area contributed by atoms with Gasteiger partial charge in [0.25, 0.3) is 0 Å². The lowest BCUT2D eigenvalue weighted by Crippen LogP contribution is -2.06. The molecule has 0 saturated heterocycles. The highest BCUT2D eigenvalue weighted by molar-refractivity contribution is 5.89. The minimum Gasteiger partial charge on any atom is -0.478 e. The first-order chi connectivity index (χ1) is 9.51. The molecule has 1 aromatic carbocycles. The Morgan fingerprint density at radius 3 is 2.75 bits per heavy atom. The van der Waals surface area contributed by atoms with Crippen LogP contribution in [0.4, 0.5) is 14.5 Å². The first kappa shape index (κ1) is 14.0. The number of carboxylic acid groups (broad SMARTS) is 1. The van der Waals surface area contributed by atoms with Crippen molar-refractivity contribution in [3.8, 4) is 0 Å². The molecule has 0 radical (unpaired) electrons. The lowest BCUT2D eigenvalue weighted by Gasteiger charge is -2.08. The number of hydrogen-bond acceptors (Lipinski definition) is 3. The number of carboxylic acids is 1. The van der Waals surface area contributed by atoms with Crippen LogP contribution in [-0.2, 0) is 13.1 Å². The Morgan fingerprint density at radius 1 is 1.40 bits per heavy atom. The molecule has 7 heteroatoms. The van der Waals surface area contributed by atoms with Crippen LogP contribution >= 0.6 is 0 Å². The smallest absolute Gasteiger partial charge is 0.338 e. The zero-order valence-electron chi connectivity index (χ0n) is 10.7. The van der Waals surface area contributed by atoms with Gasteiger partial charge in [-0.25, -0.2) is 13.6 Å². The number of benzene rings is 1. The number of carbonyl (C=O) groups is 1. The van der Waals surface area contributed by atoms with Gasteiger partial charge in [-0.2, -0.15) is 5.10 Å². The maximum absolute atomic E-state index is 13.6. The van der Waals surface area contributed by atoms with Gasteiger partial charge in [0.15, 0.2) is 0 Å². The highest BCUT2D eigenvalue weighted by atomic mass is 19.1. The molecule has 2 aromatic rings. The third kappa shape index (κ3) is 2.93. The van der Waals surface area contributed by atoms with E-state index in [1.807, 2.05) is 6.92 Å². The number of anilines is 1. The van der Waals surface area contributed by atoms with E-state index in [4.69, 9.17) is 5.11 Å². The molecule has 1 heterocycles. The molecule has 0 atom stereocenters. The number of nitrogens with zero attached hydrogens (tertiary/aromatic N) is 2. The zero-order chi connectivity index (χ0) is 14.7. The summed E-state index contributed by atoms with van der Waals surface area (Å²) >= 11 is 0. The summed E-state index contributed by atoms with van der Waals surface area (Å²) in [6, 6.07) is 1.50. The van der Waals surface area contributed by atoms with E-state index in [1.54, 1.807) is 17.1 Å². The molecule has 20 heavy (non-hydrogen) atoms. The largest absolute Gasteiger partial charge is 0.478 e. The fourth-order valence-electron chi connectivity index (χ4n) is 1.72. The number of aromatic nitrogens is 2. The number of rotatable bonds is 5. The van der Waals surface area contributed by atoms with Gasteiger partial charge in [0.2, 0.25) is 0 Å². The van der Waals surface area contributed by atoms with Crippen LogP contribution in [0, 0.1) is 11.6 Å². The van der Waals surface area contributed by atoms with E-state index < -0.39 is 23.2 Å². The molecule has 0 spiro atoms. The molecule has 1 aromatic heterocycles. The molecular formula is C13H13F2N3O2. The second-order valence-corrected chi connectivity index (χ2v) is 4.17. The van der Waals surface area contributed by atoms with Crippen LogP contribution in [0.1, 0.15) is 22.8 Å². The second-order valence-electron chi connectivity index (χ2n) is 4.17. The van der Waals surface area contributed by atoms with Gasteiger partial charge in [-0.1, -0.05) is 0 Å². The molecule has 0 saturated carbocycles. The molecule has 106 valence electrons. The molecule has 0 amide bonds. The number of aromatic carboxylic acids is 1. The molecular weight excluding hydrogens is 268 g/mol. The number of aryl methyl sites for hydroxylation is 1. The maximum Gasteiger partial charge on any atom is 0.338 e. The molecule has 2 rings (SSSR count). The summed E-state index contributed by atoms with van der Waals surface area (Å²) in [5, 5.41) is 15.6. The molecule has 5 nitrogen and oxygen atoms in total. The standard InChI is InChI=1S/C13H13F2N3O2/c1-2-18-7-8(6-17-18)5-16-12-3-9(13(19)20)10(14)4-11(12)15/h3-4,6-7,16H,2,5H2,1H3,(H,19,20). The quantitative estimate of drug-likeness (QED) is 0.883. The Bertz CT molecular complexity index is 641. The summed E-state index contributed by atoms with van der Waals surface area (Å²) in [6.45, 7) is 2.92. The average Bonchev–Trinajstić information content (AvgIpc) is 2.85. The molecule has 0 fully saturated rings. The van der Waals surface area contributed by atoms with Crippen molar-refractivity contribution in [3.63, 3.8) is 0 Å². The van der Waals surface area contributed by atoms with Crippen LogP contribution in [-0.4, -0.2) is 20.9 Å². The van der Waals surface area contributed by atoms with Crippen molar-refractivity contribution in [1.82, 2.24) is 9.78 Å². The number of nitrogens with one attached hydrogen (secondary N) is 1. The number of hydrogen-bond donors (Lipinski definition) is 2. The predicted molar refractivity (Wildman–Crippen MR) is 68.5 cm³/mol. The van der Waals surface area contributed by atoms with Crippen molar-refractivity contribution >= 4 is 11.7 Å². The van der Waals surface area contributed by atoms with Gasteiger partial charge >= 0.3 is 5.97 Å². The van der Waals surface area contributed by atoms with Crippen LogP contribution in [0.2, 0.25) is 0 Å². The Kier molecular flexibility index (Phi) is 3.97. The summed E-state index contributed by atoms with van der Waals surface area (Å²) in [5.74, 6) is -3.38. The molecule has 0 aliphatic rings. The predicted octanol–water partition coefficient (Wildman–Crippen LogP) is 2.49. The third-order valence-electron chi connectivity index (χ3n) is 2.78. The monoisotopic (exact) mass is 281 g/mol. The van der Waals surface area contributed by atoms with Crippen molar-refractivity contribution in [1.29, 1.82) is 0 Å². The van der Waals surface area contributed by atoms with Gasteiger partial charge in [0.05, 0.1) is 17.4 Å². The normalized spacial score (nSPS) is 10.6. The first-order valence-electron chi connectivity index (χ1n) is 5.98. The topological polar surface area (TPSA) is 67.2 Å². The summed E-state index contributed by atoms with van der Waals surface area (Å²) in [4.78, 5) is 10.8. The lowest BCUT2D eigenvalue weighted by atomic mass is 10.1. The highest BCUT2D eigenvalue weighted by Crippen LogP contribution is 2.20. The van der Waals surface area contributed by atoms with Gasteiger partial charge in [-0.3, -0.25) is 4.68 Å². The SMILES string of the molecule is CCn1cc(CNc2cc(C(=O)O)c(F)cc2F)cn1. The van der Waals surface area contributed by atoms with Gasteiger partial charge in [0, 0.05) is 30.9 Å². The van der Waals surface area contributed by atoms with Crippen molar-refractivity contribution in [2.45, 2.75) is 20.0 Å². The maximum atomic E-state index is 13.6. The van der Waals surface area contributed by atoms with E-state index in [0.717, 1.165) is 11.6 Å². The molecule has 0 bridgehead atoms. The summed E-state index contributed by atoms with van der Waals surface area (Å²) in [5.41, 5.74) is 0.179. The Labute approximate surface area is 113 Å². The minimum absolute atomic E-state index is 0.0620. The fraction of sp³-hybridized carbons (Fsp3) is 0.231. The number of halogens is 2. The van der Waals surface area contributed by atoms with Gasteiger partial charge in [0.1, 0.15) is 11.6 Å². The second kappa shape index (κ2) is 5.68. The molecule has 0 aliphatic carbocycles. The molecule has 0 unspecified atom stereocenters. The van der Waals surface area contributed by atoms with Crippen molar-refractivity contribution in [2.75, 3.05) is 5.32 Å². The van der Waals surface area contributed by atoms with E-state index in [-0.39, 0.29) is 12.2 Å². The summed E-state index contributed by atoms with van der Waals surface area (Å²) < 4.78 is 28.5. The fourth-order valence-corrected chi connectivity index (χ4v) is 1.72. The summed E-state index contributed by atoms with van der Waals surface area (Å²) in [7, 11) is 0. The van der Waals surface area contributed by atoms with Crippen molar-refractivity contribution < 1.29 is 18.7 Å². The molecule has 2 N–H and O–H groups in total. The van der Waals surface area contributed by atoms with E-state index in [1.165, 1.54) is 0 Å². The third-order valence-corrected chi connectivity index (χ3v) is 2.78. The van der Waals surface area contributed by atoms with Crippen LogP contribution in [0.25, 0.3) is 0 Å². The van der Waals surface area contributed by atoms with E-state index in [0.29, 0.717) is 12.6 Å². The lowest BCUT2D eigenvalue weighted by molar-refractivity contribution is 0.0692. The van der Waals surface area contributed by atoms with Crippen LogP contribution in [0.5, 0.6) is 0 Å². The average molecular weight is 281 g/mol. The van der Waals surface area contributed by atoms with Crippen molar-refractivity contribution in [2.24, 2.45) is 0 Å². The van der Waals surface area contributed by atoms with Gasteiger partial charge in [-0.05, 0) is 13.0 Å². The van der Waals surface area contributed by atoms with E-state index in [2.05, 4.69) is 10.4 Å². The zero-order valence-corrected chi connectivity index (χ0v) is 10.7.